The molecule has 278 valence electrons. The van der Waals surface area contributed by atoms with Gasteiger partial charge in [-0.1, -0.05) is 134 Å². The van der Waals surface area contributed by atoms with Crippen LogP contribution in [0.1, 0.15) is 31.4 Å². The number of halogens is 2. The van der Waals surface area contributed by atoms with Gasteiger partial charge in [-0.15, -0.1) is 69.1 Å². The topological polar surface area (TPSA) is 0 Å². The van der Waals surface area contributed by atoms with Gasteiger partial charge in [0.15, 0.2) is 0 Å². The van der Waals surface area contributed by atoms with E-state index in [2.05, 4.69) is 198 Å². The summed E-state index contributed by atoms with van der Waals surface area (Å²) in [5.74, 6) is 0. The van der Waals surface area contributed by atoms with Gasteiger partial charge in [-0.2, -0.15) is 12.1 Å². The molecule has 0 fully saturated rings. The van der Waals surface area contributed by atoms with Crippen LogP contribution >= 0.6 is 0 Å². The number of aryl methyl sites for hydroxylation is 2. The van der Waals surface area contributed by atoms with Gasteiger partial charge < -0.3 is 45.1 Å². The molecule has 0 amide bonds. The van der Waals surface area contributed by atoms with Crippen LogP contribution in [0.15, 0.2) is 170 Å². The first-order valence-corrected chi connectivity index (χ1v) is 18.9. The van der Waals surface area contributed by atoms with Gasteiger partial charge >= 0.3 is 21.7 Å². The number of rotatable bonds is 4. The quantitative estimate of drug-likeness (QED) is 0.0947. The summed E-state index contributed by atoms with van der Waals surface area (Å²) in [4.78, 5) is 0. The summed E-state index contributed by atoms with van der Waals surface area (Å²) < 4.78 is 0. The van der Waals surface area contributed by atoms with Gasteiger partial charge in [0.1, 0.15) is 0 Å². The van der Waals surface area contributed by atoms with Crippen LogP contribution < -0.4 is 24.8 Å². The fourth-order valence-corrected chi connectivity index (χ4v) is 8.05. The van der Waals surface area contributed by atoms with Crippen molar-refractivity contribution in [1.82, 2.24) is 0 Å². The second-order valence-electron chi connectivity index (χ2n) is 13.8. The molecule has 56 heavy (non-hydrogen) atoms. The maximum atomic E-state index is 3.38. The summed E-state index contributed by atoms with van der Waals surface area (Å²) in [6, 6.07) is 62.3. The molecule has 10 aromatic carbocycles. The maximum Gasteiger partial charge on any atom is 2.00 e. The molecule has 3 heteroatoms. The van der Waals surface area contributed by atoms with Crippen molar-refractivity contribution < 1.29 is 46.5 Å². The molecular formula is C53H44Cl2Ti-4. The molecule has 0 aliphatic rings. The van der Waals surface area contributed by atoms with E-state index in [0.29, 0.717) is 0 Å². The van der Waals surface area contributed by atoms with E-state index in [0.717, 1.165) is 19.3 Å². The Morgan fingerprint density at radius 2 is 0.696 bits per heavy atom. The zero-order chi connectivity index (χ0) is 36.3. The average Bonchev–Trinajstić information content (AvgIpc) is 3.84. The minimum absolute atomic E-state index is 0. The molecule has 0 atom stereocenters. The molecule has 0 saturated carbocycles. The van der Waals surface area contributed by atoms with Crippen molar-refractivity contribution in [1.29, 1.82) is 0 Å². The van der Waals surface area contributed by atoms with Gasteiger partial charge in [0, 0.05) is 0 Å². The van der Waals surface area contributed by atoms with E-state index in [1.54, 1.807) is 0 Å². The maximum absolute atomic E-state index is 3.38. The van der Waals surface area contributed by atoms with Crippen LogP contribution in [0.3, 0.4) is 0 Å². The summed E-state index contributed by atoms with van der Waals surface area (Å²) in [6.07, 6.45) is 2.90. The van der Waals surface area contributed by atoms with E-state index in [4.69, 9.17) is 0 Å². The zero-order valence-corrected chi connectivity index (χ0v) is 35.0. The second kappa shape index (κ2) is 19.0. The number of hydrogen-bond acceptors (Lipinski definition) is 0. The van der Waals surface area contributed by atoms with Crippen LogP contribution in [0.4, 0.5) is 0 Å². The van der Waals surface area contributed by atoms with Crippen LogP contribution in [0.2, 0.25) is 0 Å². The fourth-order valence-electron chi connectivity index (χ4n) is 8.05. The minimum atomic E-state index is 0. The van der Waals surface area contributed by atoms with Crippen LogP contribution in [0.25, 0.3) is 86.9 Å². The van der Waals surface area contributed by atoms with E-state index >= 15 is 0 Å². The monoisotopic (exact) mass is 798 g/mol. The van der Waals surface area contributed by atoms with Crippen molar-refractivity contribution in [3.63, 3.8) is 0 Å². The smallest absolute Gasteiger partial charge is 1.00 e. The van der Waals surface area contributed by atoms with Gasteiger partial charge in [0.05, 0.1) is 0 Å². The standard InChI is InChI=1S/2C25H19.C3H6.2ClH.Ti/c2*1-2-17-14-18-10-7-13-23(24(18)15-17)25-21-11-5-3-8-19(21)16-20-9-4-6-12-22(20)25;1-3-2;;;/h2*3-16H,2H2,1H3;1-3H2;2*1H;/q2*-1;-2;;;+2/p-2. The van der Waals surface area contributed by atoms with Crippen LogP contribution in [-0.4, -0.2) is 0 Å². The number of fused-ring (bicyclic) bond motifs is 6. The largest absolute Gasteiger partial charge is 2.00 e. The summed E-state index contributed by atoms with van der Waals surface area (Å²) in [6.45, 7) is 11.2. The van der Waals surface area contributed by atoms with Crippen LogP contribution in [-0.2, 0) is 34.6 Å². The third-order valence-corrected chi connectivity index (χ3v) is 10.5. The van der Waals surface area contributed by atoms with E-state index < -0.39 is 0 Å². The number of benzene rings is 8. The third-order valence-electron chi connectivity index (χ3n) is 10.5. The van der Waals surface area contributed by atoms with Crippen molar-refractivity contribution in [3.05, 3.63) is 195 Å². The van der Waals surface area contributed by atoms with Crippen molar-refractivity contribution in [2.75, 3.05) is 0 Å². The SMILES string of the molecule is CCc1cc2c(-c3c4ccccc4cc4ccccc34)cccc2[cH-]1.CCc1cc2c(-c3c4ccccc4cc4ccccc34)cccc2[cH-]1.[CH2-]C[CH2-].[Cl-].[Cl-].[Ti+2]. The molecule has 0 aliphatic carbocycles. The van der Waals surface area contributed by atoms with Crippen LogP contribution in [0.5, 0.6) is 0 Å². The third kappa shape index (κ3) is 8.09. The Labute approximate surface area is 359 Å². The van der Waals surface area contributed by atoms with E-state index in [-0.39, 0.29) is 46.5 Å². The molecule has 0 spiro atoms. The Bertz CT molecular complexity index is 2570. The Balaban J connectivity index is 0.000000191. The van der Waals surface area contributed by atoms with E-state index in [1.807, 2.05) is 0 Å². The molecular weight excluding hydrogens is 755 g/mol. The van der Waals surface area contributed by atoms with Crippen molar-refractivity contribution in [2.24, 2.45) is 0 Å². The molecule has 0 aliphatic heterocycles. The molecule has 0 N–H and O–H groups in total. The molecule has 0 saturated heterocycles. The molecule has 0 heterocycles. The van der Waals surface area contributed by atoms with E-state index in [9.17, 15) is 0 Å². The molecule has 0 aromatic heterocycles. The fraction of sp³-hybridized carbons (Fsp3) is 0.0943. The summed E-state index contributed by atoms with van der Waals surface area (Å²) >= 11 is 0. The van der Waals surface area contributed by atoms with E-state index in [1.165, 1.54) is 98.0 Å². The van der Waals surface area contributed by atoms with Crippen molar-refractivity contribution >= 4 is 64.6 Å². The zero-order valence-electron chi connectivity index (χ0n) is 32.0. The second-order valence-corrected chi connectivity index (χ2v) is 13.8. The molecule has 0 bridgehead atoms. The molecule has 10 rings (SSSR count). The summed E-state index contributed by atoms with van der Waals surface area (Å²) in [5, 5.41) is 15.9. The average molecular weight is 800 g/mol. The molecule has 0 nitrogen and oxygen atoms in total. The van der Waals surface area contributed by atoms with Gasteiger partial charge in [0.2, 0.25) is 0 Å². The summed E-state index contributed by atoms with van der Waals surface area (Å²) in [7, 11) is 0. The Morgan fingerprint density at radius 3 is 1.00 bits per heavy atom. The summed E-state index contributed by atoms with van der Waals surface area (Å²) in [5.41, 5.74) is 8.20. The Kier molecular flexibility index (Phi) is 14.4. The van der Waals surface area contributed by atoms with Gasteiger partial charge in [-0.05, 0) is 79.2 Å². The normalized spacial score (nSPS) is 10.6. The van der Waals surface area contributed by atoms with Crippen molar-refractivity contribution in [2.45, 2.75) is 33.1 Å². The molecule has 0 unspecified atom stereocenters. The first kappa shape index (κ1) is 42.5. The first-order chi connectivity index (χ1) is 26.1. The molecule has 10 aromatic rings. The Hall–Kier alpha value is -4.69. The van der Waals surface area contributed by atoms with Gasteiger partial charge in [-0.3, -0.25) is 0 Å². The predicted octanol–water partition coefficient (Wildman–Crippen LogP) is 9.24. The Morgan fingerprint density at radius 1 is 0.393 bits per heavy atom. The van der Waals surface area contributed by atoms with Gasteiger partial charge in [-0.25, -0.2) is 0 Å². The van der Waals surface area contributed by atoms with Crippen molar-refractivity contribution in [3.8, 4) is 22.3 Å². The first-order valence-electron chi connectivity index (χ1n) is 18.9. The van der Waals surface area contributed by atoms with Gasteiger partial charge in [0.25, 0.3) is 0 Å². The number of hydrogen-bond donors (Lipinski definition) is 0. The predicted molar refractivity (Wildman–Crippen MR) is 234 cm³/mol. The van der Waals surface area contributed by atoms with Crippen LogP contribution in [0, 0.1) is 13.8 Å². The minimum Gasteiger partial charge on any atom is -1.00 e. The molecule has 0 radical (unpaired) electrons.